The molecule has 0 bridgehead atoms. The normalized spacial score (nSPS) is 16.0. The van der Waals surface area contributed by atoms with Gasteiger partial charge in [0.05, 0.1) is 36.8 Å². The third kappa shape index (κ3) is 2.93. The predicted octanol–water partition coefficient (Wildman–Crippen LogP) is 0.772. The number of ether oxygens (including phenoxy) is 1. The van der Waals surface area contributed by atoms with Crippen molar-refractivity contribution in [2.45, 2.75) is 32.2 Å². The summed E-state index contributed by atoms with van der Waals surface area (Å²) in [5.41, 5.74) is 0.991. The topological polar surface area (TPSA) is 120 Å². The summed E-state index contributed by atoms with van der Waals surface area (Å²) in [5.74, 6) is -0.666. The van der Waals surface area contributed by atoms with Crippen LogP contribution < -0.4 is 9.46 Å². The molecule has 0 fully saturated rings. The molecule has 4 heterocycles. The molecule has 27 heavy (non-hydrogen) atoms. The molecule has 0 spiro atoms. The summed E-state index contributed by atoms with van der Waals surface area (Å²) in [7, 11) is -4.17. The molecule has 3 aromatic rings. The lowest BCUT2D eigenvalue weighted by molar-refractivity contribution is 0.0963. The molecule has 1 aliphatic rings. The standard InChI is InChI=1S/C16H18N6O4S/c1-10-11(6-17-13-4-5-18-22(10)13)14(23)20-27(24,25)12-7-19-21-8-16(2,3)9-26-15(12)21/h4-7H,8-9H2,1-3H3,(H,20,23). The Morgan fingerprint density at radius 2 is 2.07 bits per heavy atom. The highest BCUT2D eigenvalue weighted by atomic mass is 32.2. The summed E-state index contributed by atoms with van der Waals surface area (Å²) in [6.07, 6.45) is 4.06. The first-order chi connectivity index (χ1) is 12.7. The summed E-state index contributed by atoms with van der Waals surface area (Å²) in [6, 6.07) is 1.68. The Balaban J connectivity index is 1.65. The number of hydrogen-bond donors (Lipinski definition) is 1. The third-order valence-electron chi connectivity index (χ3n) is 4.35. The second kappa shape index (κ2) is 5.78. The van der Waals surface area contributed by atoms with Gasteiger partial charge in [-0.25, -0.2) is 27.3 Å². The molecule has 0 aromatic carbocycles. The summed E-state index contributed by atoms with van der Waals surface area (Å²) in [6.45, 7) is 6.53. The Hall–Kier alpha value is -2.95. The highest BCUT2D eigenvalue weighted by Crippen LogP contribution is 2.33. The van der Waals surface area contributed by atoms with Crippen LogP contribution in [0.15, 0.2) is 29.6 Å². The van der Waals surface area contributed by atoms with Crippen molar-refractivity contribution in [3.8, 4) is 5.88 Å². The van der Waals surface area contributed by atoms with Gasteiger partial charge in [-0.1, -0.05) is 13.8 Å². The zero-order valence-electron chi connectivity index (χ0n) is 15.0. The van der Waals surface area contributed by atoms with E-state index >= 15 is 0 Å². The van der Waals surface area contributed by atoms with Crippen molar-refractivity contribution in [3.63, 3.8) is 0 Å². The quantitative estimate of drug-likeness (QED) is 0.701. The molecule has 1 aliphatic heterocycles. The van der Waals surface area contributed by atoms with Crippen LogP contribution in [0.4, 0.5) is 0 Å². The maximum atomic E-state index is 12.7. The fourth-order valence-corrected chi connectivity index (χ4v) is 4.00. The molecule has 1 N–H and O–H groups in total. The first kappa shape index (κ1) is 17.5. The summed E-state index contributed by atoms with van der Waals surface area (Å²) < 4.78 is 36.1. The van der Waals surface area contributed by atoms with Gasteiger partial charge in [-0.3, -0.25) is 4.79 Å². The van der Waals surface area contributed by atoms with Crippen LogP contribution in [0.2, 0.25) is 0 Å². The predicted molar refractivity (Wildman–Crippen MR) is 93.9 cm³/mol. The number of aryl methyl sites for hydroxylation is 1. The molecule has 3 aromatic heterocycles. The van der Waals surface area contributed by atoms with Gasteiger partial charge in [-0.05, 0) is 6.92 Å². The van der Waals surface area contributed by atoms with Crippen LogP contribution in [0.5, 0.6) is 5.88 Å². The average Bonchev–Trinajstić information content (AvgIpc) is 3.20. The van der Waals surface area contributed by atoms with E-state index in [2.05, 4.69) is 19.9 Å². The molecule has 0 saturated heterocycles. The van der Waals surface area contributed by atoms with Crippen molar-refractivity contribution < 1.29 is 17.9 Å². The highest BCUT2D eigenvalue weighted by Gasteiger charge is 2.34. The first-order valence-corrected chi connectivity index (χ1v) is 9.71. The smallest absolute Gasteiger partial charge is 0.271 e. The molecule has 4 rings (SSSR count). The minimum atomic E-state index is -4.17. The number of hydrogen-bond acceptors (Lipinski definition) is 7. The van der Waals surface area contributed by atoms with Crippen molar-refractivity contribution >= 4 is 21.6 Å². The molecule has 0 aliphatic carbocycles. The SMILES string of the molecule is Cc1c(C(=O)NS(=O)(=O)c2cnn3c2OCC(C)(C)C3)cnc2ccnn12. The largest absolute Gasteiger partial charge is 0.476 e. The molecule has 0 radical (unpaired) electrons. The van der Waals surface area contributed by atoms with Gasteiger partial charge in [0.15, 0.2) is 10.5 Å². The highest BCUT2D eigenvalue weighted by molar-refractivity contribution is 7.90. The summed E-state index contributed by atoms with van der Waals surface area (Å²) >= 11 is 0. The van der Waals surface area contributed by atoms with E-state index in [-0.39, 0.29) is 21.8 Å². The second-order valence-corrected chi connectivity index (χ2v) is 8.87. The Morgan fingerprint density at radius 1 is 1.30 bits per heavy atom. The first-order valence-electron chi connectivity index (χ1n) is 8.23. The maximum Gasteiger partial charge on any atom is 0.271 e. The van der Waals surface area contributed by atoms with E-state index in [1.54, 1.807) is 19.2 Å². The number of sulfonamides is 1. The molecule has 0 unspecified atom stereocenters. The Kier molecular flexibility index (Phi) is 3.74. The number of carbonyl (C=O) groups is 1. The van der Waals surface area contributed by atoms with Crippen LogP contribution in [0, 0.1) is 12.3 Å². The summed E-state index contributed by atoms with van der Waals surface area (Å²) in [4.78, 5) is 16.5. The van der Waals surface area contributed by atoms with Gasteiger partial charge in [-0.15, -0.1) is 0 Å². The van der Waals surface area contributed by atoms with Crippen molar-refractivity contribution in [1.29, 1.82) is 0 Å². The maximum absolute atomic E-state index is 12.7. The average molecular weight is 390 g/mol. The zero-order valence-corrected chi connectivity index (χ0v) is 15.8. The Labute approximate surface area is 155 Å². The molecule has 11 heteroatoms. The van der Waals surface area contributed by atoms with Gasteiger partial charge in [0.25, 0.3) is 15.9 Å². The van der Waals surface area contributed by atoms with Gasteiger partial charge in [0.2, 0.25) is 5.88 Å². The van der Waals surface area contributed by atoms with E-state index in [0.717, 1.165) is 0 Å². The number of nitrogens with one attached hydrogen (secondary N) is 1. The van der Waals surface area contributed by atoms with E-state index in [4.69, 9.17) is 4.74 Å². The molecule has 0 atom stereocenters. The van der Waals surface area contributed by atoms with Crippen molar-refractivity contribution in [2.24, 2.45) is 5.41 Å². The van der Waals surface area contributed by atoms with Gasteiger partial charge in [0, 0.05) is 17.7 Å². The third-order valence-corrected chi connectivity index (χ3v) is 5.67. The van der Waals surface area contributed by atoms with E-state index in [9.17, 15) is 13.2 Å². The monoisotopic (exact) mass is 390 g/mol. The minimum absolute atomic E-state index is 0.109. The number of carbonyl (C=O) groups excluding carboxylic acids is 1. The van der Waals surface area contributed by atoms with E-state index < -0.39 is 15.9 Å². The lowest BCUT2D eigenvalue weighted by Gasteiger charge is -2.30. The Bertz CT molecular complexity index is 1160. The number of fused-ring (bicyclic) bond motifs is 2. The molecular formula is C16H18N6O4S. The van der Waals surface area contributed by atoms with E-state index in [1.165, 1.54) is 21.6 Å². The van der Waals surface area contributed by atoms with Gasteiger partial charge in [0.1, 0.15) is 0 Å². The number of aromatic nitrogens is 5. The van der Waals surface area contributed by atoms with Crippen LogP contribution in [-0.2, 0) is 16.6 Å². The Morgan fingerprint density at radius 3 is 2.85 bits per heavy atom. The lowest BCUT2D eigenvalue weighted by atomic mass is 9.94. The number of amides is 1. The van der Waals surface area contributed by atoms with Crippen molar-refractivity contribution in [1.82, 2.24) is 29.1 Å². The lowest BCUT2D eigenvalue weighted by Crippen LogP contribution is -2.35. The van der Waals surface area contributed by atoms with Gasteiger partial charge < -0.3 is 4.74 Å². The van der Waals surface area contributed by atoms with Gasteiger partial charge in [-0.2, -0.15) is 10.2 Å². The minimum Gasteiger partial charge on any atom is -0.476 e. The van der Waals surface area contributed by atoms with Crippen LogP contribution in [0.3, 0.4) is 0 Å². The molecule has 142 valence electrons. The molecular weight excluding hydrogens is 372 g/mol. The molecule has 10 nitrogen and oxygen atoms in total. The number of nitrogens with zero attached hydrogens (tertiary/aromatic N) is 5. The molecule has 1 amide bonds. The van der Waals surface area contributed by atoms with E-state index in [1.807, 2.05) is 13.8 Å². The zero-order chi connectivity index (χ0) is 19.4. The van der Waals surface area contributed by atoms with Crippen LogP contribution in [0.25, 0.3) is 5.65 Å². The fraction of sp³-hybridized carbons (Fsp3) is 0.375. The van der Waals surface area contributed by atoms with Crippen LogP contribution in [-0.4, -0.2) is 45.3 Å². The van der Waals surface area contributed by atoms with Gasteiger partial charge >= 0.3 is 0 Å². The molecule has 0 saturated carbocycles. The van der Waals surface area contributed by atoms with Crippen molar-refractivity contribution in [3.05, 3.63) is 35.9 Å². The van der Waals surface area contributed by atoms with Crippen LogP contribution >= 0.6 is 0 Å². The fourth-order valence-electron chi connectivity index (χ4n) is 2.96. The van der Waals surface area contributed by atoms with Crippen LogP contribution in [0.1, 0.15) is 29.9 Å². The number of rotatable bonds is 3. The second-order valence-electron chi connectivity index (χ2n) is 7.22. The van der Waals surface area contributed by atoms with E-state index in [0.29, 0.717) is 24.5 Å². The summed E-state index contributed by atoms with van der Waals surface area (Å²) in [5, 5.41) is 8.16. The van der Waals surface area contributed by atoms with Crippen molar-refractivity contribution in [2.75, 3.05) is 6.61 Å².